The minimum Gasteiger partial charge on any atom is -0.480 e. The van der Waals surface area contributed by atoms with Crippen molar-refractivity contribution in [2.24, 2.45) is 0 Å². The molecule has 0 radical (unpaired) electrons. The van der Waals surface area contributed by atoms with E-state index in [1.165, 1.54) is 11.8 Å². The van der Waals surface area contributed by atoms with Crippen LogP contribution in [0.1, 0.15) is 0 Å². The molecule has 0 unspecified atom stereocenters. The maximum atomic E-state index is 5.69. The maximum absolute atomic E-state index is 5.69. The first-order chi connectivity index (χ1) is 8.19. The third-order valence-electron chi connectivity index (χ3n) is 1.97. The lowest BCUT2D eigenvalue weighted by molar-refractivity contribution is 0.397. The molecule has 0 bridgehead atoms. The molecule has 2 aromatic heterocycles. The Morgan fingerprint density at radius 3 is 2.65 bits per heavy atom. The molecule has 0 aromatic carbocycles. The minimum atomic E-state index is 0.437. The maximum Gasteiger partial charge on any atom is 0.237 e. The van der Waals surface area contributed by atoms with Gasteiger partial charge in [0.1, 0.15) is 10.1 Å². The second-order valence-electron chi connectivity index (χ2n) is 3.16. The molecule has 0 saturated heterocycles. The van der Waals surface area contributed by atoms with Crippen molar-refractivity contribution in [2.45, 2.75) is 10.1 Å². The van der Waals surface area contributed by atoms with Gasteiger partial charge in [-0.1, -0.05) is 0 Å². The molecule has 0 spiro atoms. The van der Waals surface area contributed by atoms with E-state index in [1.807, 2.05) is 18.2 Å². The van der Waals surface area contributed by atoms with Gasteiger partial charge >= 0.3 is 0 Å². The molecule has 0 aliphatic heterocycles. The van der Waals surface area contributed by atoms with Gasteiger partial charge in [-0.25, -0.2) is 9.97 Å². The van der Waals surface area contributed by atoms with E-state index in [0.717, 1.165) is 14.5 Å². The molecule has 2 rings (SSSR count). The number of nitrogens with two attached hydrogens (primary N) is 1. The number of hydrogen-bond donors (Lipinski definition) is 1. The Bertz CT molecular complexity index is 519. The van der Waals surface area contributed by atoms with Gasteiger partial charge in [0.2, 0.25) is 5.88 Å². The lowest BCUT2D eigenvalue weighted by Gasteiger charge is -2.05. The van der Waals surface area contributed by atoms with Crippen molar-refractivity contribution in [3.05, 3.63) is 34.9 Å². The smallest absolute Gasteiger partial charge is 0.237 e. The van der Waals surface area contributed by atoms with Crippen molar-refractivity contribution in [3.63, 3.8) is 0 Å². The van der Waals surface area contributed by atoms with Crippen LogP contribution in [0, 0.1) is 0 Å². The third-order valence-corrected chi connectivity index (χ3v) is 3.32. The third kappa shape index (κ3) is 3.10. The van der Waals surface area contributed by atoms with E-state index in [2.05, 4.69) is 25.9 Å². The van der Waals surface area contributed by atoms with Crippen molar-refractivity contribution in [2.75, 3.05) is 12.8 Å². The predicted molar refractivity (Wildman–Crippen MR) is 71.3 cm³/mol. The summed E-state index contributed by atoms with van der Waals surface area (Å²) in [5, 5.41) is 1.67. The highest BCUT2D eigenvalue weighted by Gasteiger charge is 2.05. The second-order valence-corrected chi connectivity index (χ2v) is 5.12. The van der Waals surface area contributed by atoms with Crippen LogP contribution in [0.15, 0.2) is 45.0 Å². The van der Waals surface area contributed by atoms with Gasteiger partial charge in [0.15, 0.2) is 0 Å². The fourth-order valence-corrected chi connectivity index (χ4v) is 2.14. The molecule has 6 heteroatoms. The topological polar surface area (TPSA) is 61.0 Å². The summed E-state index contributed by atoms with van der Waals surface area (Å²) in [5.74, 6) is 0.437. The highest BCUT2D eigenvalue weighted by atomic mass is 79.9. The van der Waals surface area contributed by atoms with Gasteiger partial charge in [-0.15, -0.1) is 0 Å². The van der Waals surface area contributed by atoms with Crippen LogP contribution >= 0.6 is 27.7 Å². The molecule has 0 saturated carbocycles. The molecule has 88 valence electrons. The summed E-state index contributed by atoms with van der Waals surface area (Å²) in [5.41, 5.74) is 6.22. The number of rotatable bonds is 3. The van der Waals surface area contributed by atoms with Gasteiger partial charge in [-0.3, -0.25) is 0 Å². The highest BCUT2D eigenvalue weighted by molar-refractivity contribution is 9.10. The van der Waals surface area contributed by atoms with E-state index >= 15 is 0 Å². The first kappa shape index (κ1) is 12.2. The Balaban J connectivity index is 2.21. The summed E-state index contributed by atoms with van der Waals surface area (Å²) in [6, 6.07) is 7.46. The molecule has 0 amide bonds. The number of ether oxygens (including phenoxy) is 1. The fraction of sp³-hybridized carbons (Fsp3) is 0.0909. The number of pyridine rings is 2. The van der Waals surface area contributed by atoms with Gasteiger partial charge in [-0.05, 0) is 52.0 Å². The van der Waals surface area contributed by atoms with E-state index in [9.17, 15) is 0 Å². The molecule has 2 aromatic rings. The Morgan fingerprint density at radius 1 is 1.24 bits per heavy atom. The van der Waals surface area contributed by atoms with Crippen molar-refractivity contribution < 1.29 is 4.74 Å². The number of methoxy groups -OCH3 is 1. The standard InChI is InChI=1S/C11H10BrN3OS/c1-16-11-8(13)3-5-10(15-11)17-9-4-2-7(12)6-14-9/h2-6H,13H2,1H3. The van der Waals surface area contributed by atoms with Gasteiger partial charge in [-0.2, -0.15) is 0 Å². The van der Waals surface area contributed by atoms with Crippen LogP contribution in [-0.4, -0.2) is 17.1 Å². The molecule has 0 atom stereocenters. The normalized spacial score (nSPS) is 10.2. The molecule has 4 nitrogen and oxygen atoms in total. The second kappa shape index (κ2) is 5.37. The number of anilines is 1. The van der Waals surface area contributed by atoms with Crippen molar-refractivity contribution >= 4 is 33.4 Å². The van der Waals surface area contributed by atoms with Gasteiger partial charge in [0.25, 0.3) is 0 Å². The average molecular weight is 312 g/mol. The van der Waals surface area contributed by atoms with E-state index in [4.69, 9.17) is 10.5 Å². The van der Waals surface area contributed by atoms with Gasteiger partial charge < -0.3 is 10.5 Å². The molecule has 2 N–H and O–H groups in total. The minimum absolute atomic E-state index is 0.437. The Labute approximate surface area is 112 Å². The van der Waals surface area contributed by atoms with Crippen LogP contribution in [0.25, 0.3) is 0 Å². The summed E-state index contributed by atoms with van der Waals surface area (Å²) in [7, 11) is 1.55. The molecule has 17 heavy (non-hydrogen) atoms. The molecule has 2 heterocycles. The summed E-state index contributed by atoms with van der Waals surface area (Å²) in [6.45, 7) is 0. The first-order valence-corrected chi connectivity index (χ1v) is 6.40. The Morgan fingerprint density at radius 2 is 2.00 bits per heavy atom. The first-order valence-electron chi connectivity index (χ1n) is 4.79. The predicted octanol–water partition coefficient (Wildman–Crippen LogP) is 2.98. The van der Waals surface area contributed by atoms with Gasteiger partial charge in [0, 0.05) is 10.7 Å². The van der Waals surface area contributed by atoms with Crippen LogP contribution in [0.4, 0.5) is 5.69 Å². The number of nitrogen functional groups attached to an aromatic ring is 1. The van der Waals surface area contributed by atoms with Crippen LogP contribution < -0.4 is 10.5 Å². The fourth-order valence-electron chi connectivity index (χ4n) is 1.18. The number of halogens is 1. The van der Waals surface area contributed by atoms with E-state index in [1.54, 1.807) is 19.4 Å². The molecule has 0 aliphatic rings. The largest absolute Gasteiger partial charge is 0.480 e. The lowest BCUT2D eigenvalue weighted by Crippen LogP contribution is -1.95. The lowest BCUT2D eigenvalue weighted by atomic mass is 10.4. The van der Waals surface area contributed by atoms with Crippen molar-refractivity contribution in [1.82, 2.24) is 9.97 Å². The van der Waals surface area contributed by atoms with Crippen molar-refractivity contribution in [1.29, 1.82) is 0 Å². The van der Waals surface area contributed by atoms with Crippen LogP contribution in [-0.2, 0) is 0 Å². The van der Waals surface area contributed by atoms with E-state index < -0.39 is 0 Å². The Hall–Kier alpha value is -1.27. The highest BCUT2D eigenvalue weighted by Crippen LogP contribution is 2.28. The number of aromatic nitrogens is 2. The van der Waals surface area contributed by atoms with Crippen LogP contribution in [0.3, 0.4) is 0 Å². The van der Waals surface area contributed by atoms with E-state index in [-0.39, 0.29) is 0 Å². The molecule has 0 aliphatic carbocycles. The monoisotopic (exact) mass is 311 g/mol. The van der Waals surface area contributed by atoms with Crippen LogP contribution in [0.5, 0.6) is 5.88 Å². The zero-order valence-electron chi connectivity index (χ0n) is 9.05. The van der Waals surface area contributed by atoms with Crippen molar-refractivity contribution in [3.8, 4) is 5.88 Å². The number of nitrogens with zero attached hydrogens (tertiary/aromatic N) is 2. The number of hydrogen-bond acceptors (Lipinski definition) is 5. The summed E-state index contributed by atoms with van der Waals surface area (Å²) < 4.78 is 6.01. The SMILES string of the molecule is COc1nc(Sc2ccc(Br)cn2)ccc1N. The Kier molecular flexibility index (Phi) is 3.86. The summed E-state index contributed by atoms with van der Waals surface area (Å²) in [4.78, 5) is 8.53. The van der Waals surface area contributed by atoms with Crippen LogP contribution in [0.2, 0.25) is 0 Å². The van der Waals surface area contributed by atoms with Gasteiger partial charge in [0.05, 0.1) is 12.8 Å². The zero-order valence-corrected chi connectivity index (χ0v) is 11.5. The quantitative estimate of drug-likeness (QED) is 0.944. The summed E-state index contributed by atoms with van der Waals surface area (Å²) >= 11 is 4.80. The molecule has 0 fully saturated rings. The van der Waals surface area contributed by atoms with E-state index in [0.29, 0.717) is 11.6 Å². The molecular formula is C11H10BrN3OS. The summed E-state index contributed by atoms with van der Waals surface area (Å²) in [6.07, 6.45) is 1.75. The zero-order chi connectivity index (χ0) is 12.3. The molecular weight excluding hydrogens is 302 g/mol. The average Bonchev–Trinajstić information content (AvgIpc) is 2.34.